The van der Waals surface area contributed by atoms with Gasteiger partial charge in [0.25, 0.3) is 0 Å². The van der Waals surface area contributed by atoms with Gasteiger partial charge in [0.2, 0.25) is 0 Å². The molecular formula is C10H11BrN2. The van der Waals surface area contributed by atoms with Crippen molar-refractivity contribution in [2.24, 2.45) is 5.73 Å². The van der Waals surface area contributed by atoms with Gasteiger partial charge in [-0.1, -0.05) is 22.0 Å². The fraction of sp³-hybridized carbons (Fsp3) is 0.200. The smallest absolute Gasteiger partial charge is 0.0468 e. The molecule has 68 valence electrons. The largest absolute Gasteiger partial charge is 0.361 e. The van der Waals surface area contributed by atoms with Gasteiger partial charge in [-0.2, -0.15) is 0 Å². The van der Waals surface area contributed by atoms with Crippen molar-refractivity contribution < 1.29 is 0 Å². The Kier molecular flexibility index (Phi) is 2.14. The Morgan fingerprint density at radius 2 is 2.23 bits per heavy atom. The highest BCUT2D eigenvalue weighted by atomic mass is 79.9. The number of aromatic amines is 1. The van der Waals surface area contributed by atoms with E-state index in [4.69, 9.17) is 5.73 Å². The lowest BCUT2D eigenvalue weighted by molar-refractivity contribution is 0.826. The zero-order valence-corrected chi connectivity index (χ0v) is 8.93. The van der Waals surface area contributed by atoms with Crippen molar-refractivity contribution in [1.82, 2.24) is 4.98 Å². The average molecular weight is 239 g/mol. The number of rotatable bonds is 1. The van der Waals surface area contributed by atoms with Gasteiger partial charge in [0.15, 0.2) is 0 Å². The van der Waals surface area contributed by atoms with Crippen LogP contribution in [0.15, 0.2) is 28.9 Å². The highest BCUT2D eigenvalue weighted by molar-refractivity contribution is 9.10. The molecule has 3 N–H and O–H groups in total. The molecule has 0 bridgehead atoms. The van der Waals surface area contributed by atoms with Crippen molar-refractivity contribution in [2.45, 2.75) is 13.0 Å². The van der Waals surface area contributed by atoms with Gasteiger partial charge in [-0.3, -0.25) is 0 Å². The summed E-state index contributed by atoms with van der Waals surface area (Å²) in [5, 5.41) is 1.21. The molecule has 0 aliphatic carbocycles. The Morgan fingerprint density at radius 3 is 2.92 bits per heavy atom. The monoisotopic (exact) mass is 238 g/mol. The van der Waals surface area contributed by atoms with E-state index in [1.54, 1.807) is 0 Å². The standard InChI is InChI=1S/C10H11BrN2/c1-6(12)9-5-13-10-4-7(11)2-3-8(9)10/h2-6,13H,12H2,1H3/t6-/m0/s1. The van der Waals surface area contributed by atoms with Crippen LogP contribution in [0.1, 0.15) is 18.5 Å². The van der Waals surface area contributed by atoms with E-state index in [9.17, 15) is 0 Å². The first kappa shape index (κ1) is 8.78. The molecule has 0 spiro atoms. The molecule has 0 amide bonds. The molecule has 2 rings (SSSR count). The Bertz CT molecular complexity index is 431. The van der Waals surface area contributed by atoms with Crippen LogP contribution < -0.4 is 5.73 Å². The molecule has 1 aromatic heterocycles. The lowest BCUT2D eigenvalue weighted by atomic mass is 10.1. The highest BCUT2D eigenvalue weighted by Gasteiger charge is 2.06. The Balaban J connectivity index is 2.69. The van der Waals surface area contributed by atoms with Gasteiger partial charge in [0.1, 0.15) is 0 Å². The molecule has 0 fully saturated rings. The summed E-state index contributed by atoms with van der Waals surface area (Å²) in [5.74, 6) is 0. The van der Waals surface area contributed by atoms with Crippen molar-refractivity contribution in [3.05, 3.63) is 34.4 Å². The number of H-pyrrole nitrogens is 1. The number of hydrogen-bond acceptors (Lipinski definition) is 1. The Morgan fingerprint density at radius 1 is 1.46 bits per heavy atom. The van der Waals surface area contributed by atoms with E-state index in [1.807, 2.05) is 19.2 Å². The molecule has 2 aromatic rings. The van der Waals surface area contributed by atoms with Crippen molar-refractivity contribution in [2.75, 3.05) is 0 Å². The van der Waals surface area contributed by atoms with Crippen LogP contribution in [0, 0.1) is 0 Å². The second kappa shape index (κ2) is 3.16. The van der Waals surface area contributed by atoms with E-state index >= 15 is 0 Å². The van der Waals surface area contributed by atoms with Crippen molar-refractivity contribution in [1.29, 1.82) is 0 Å². The van der Waals surface area contributed by atoms with Crippen molar-refractivity contribution in [3.63, 3.8) is 0 Å². The number of nitrogens with two attached hydrogens (primary N) is 1. The summed E-state index contributed by atoms with van der Waals surface area (Å²) in [6.45, 7) is 1.99. The third-order valence-electron chi connectivity index (χ3n) is 2.17. The maximum absolute atomic E-state index is 5.83. The summed E-state index contributed by atoms with van der Waals surface area (Å²) in [6.07, 6.45) is 1.97. The van der Waals surface area contributed by atoms with Crippen molar-refractivity contribution >= 4 is 26.8 Å². The third kappa shape index (κ3) is 1.49. The van der Waals surface area contributed by atoms with Crippen LogP contribution >= 0.6 is 15.9 Å². The number of nitrogens with one attached hydrogen (secondary N) is 1. The fourth-order valence-corrected chi connectivity index (χ4v) is 1.86. The molecule has 0 saturated carbocycles. The maximum atomic E-state index is 5.83. The van der Waals surface area contributed by atoms with Gasteiger partial charge in [0, 0.05) is 27.6 Å². The van der Waals surface area contributed by atoms with Crippen LogP contribution in [0.25, 0.3) is 10.9 Å². The molecule has 1 heterocycles. The van der Waals surface area contributed by atoms with Crippen LogP contribution in [-0.4, -0.2) is 4.98 Å². The summed E-state index contributed by atoms with van der Waals surface area (Å²) >= 11 is 3.43. The van der Waals surface area contributed by atoms with Crippen LogP contribution in [0.5, 0.6) is 0 Å². The third-order valence-corrected chi connectivity index (χ3v) is 2.66. The van der Waals surface area contributed by atoms with E-state index in [1.165, 1.54) is 10.9 Å². The van der Waals surface area contributed by atoms with E-state index in [0.29, 0.717) is 0 Å². The van der Waals surface area contributed by atoms with Crippen LogP contribution in [0.2, 0.25) is 0 Å². The van der Waals surface area contributed by atoms with Crippen molar-refractivity contribution in [3.8, 4) is 0 Å². The van der Waals surface area contributed by atoms with Gasteiger partial charge in [0.05, 0.1) is 0 Å². The molecule has 2 nitrogen and oxygen atoms in total. The lowest BCUT2D eigenvalue weighted by Crippen LogP contribution is -2.03. The van der Waals surface area contributed by atoms with Gasteiger partial charge in [-0.05, 0) is 24.6 Å². The first-order chi connectivity index (χ1) is 6.18. The minimum Gasteiger partial charge on any atom is -0.361 e. The maximum Gasteiger partial charge on any atom is 0.0468 e. The zero-order valence-electron chi connectivity index (χ0n) is 7.34. The highest BCUT2D eigenvalue weighted by Crippen LogP contribution is 2.25. The molecule has 0 unspecified atom stereocenters. The van der Waals surface area contributed by atoms with E-state index in [-0.39, 0.29) is 6.04 Å². The quantitative estimate of drug-likeness (QED) is 0.789. The SMILES string of the molecule is C[C@H](N)c1c[nH]c2cc(Br)ccc12. The molecule has 0 aliphatic rings. The predicted molar refractivity (Wildman–Crippen MR) is 58.6 cm³/mol. The first-order valence-corrected chi connectivity index (χ1v) is 5.00. The topological polar surface area (TPSA) is 41.8 Å². The molecule has 0 radical (unpaired) electrons. The molecule has 3 heteroatoms. The van der Waals surface area contributed by atoms with Crippen LogP contribution in [0.3, 0.4) is 0 Å². The normalized spacial score (nSPS) is 13.5. The number of benzene rings is 1. The van der Waals surface area contributed by atoms with Crippen LogP contribution in [-0.2, 0) is 0 Å². The zero-order chi connectivity index (χ0) is 9.42. The second-order valence-electron chi connectivity index (χ2n) is 3.22. The van der Waals surface area contributed by atoms with E-state index in [2.05, 4.69) is 33.0 Å². The summed E-state index contributed by atoms with van der Waals surface area (Å²) in [4.78, 5) is 3.20. The molecule has 1 aromatic carbocycles. The lowest BCUT2D eigenvalue weighted by Gasteiger charge is -2.01. The second-order valence-corrected chi connectivity index (χ2v) is 4.14. The molecule has 13 heavy (non-hydrogen) atoms. The van der Waals surface area contributed by atoms with Crippen LogP contribution in [0.4, 0.5) is 0 Å². The minimum atomic E-state index is 0.0786. The molecular weight excluding hydrogens is 228 g/mol. The minimum absolute atomic E-state index is 0.0786. The molecule has 1 atom stereocenters. The summed E-state index contributed by atoms with van der Waals surface area (Å²) in [5.41, 5.74) is 8.13. The number of halogens is 1. The summed E-state index contributed by atoms with van der Waals surface area (Å²) in [7, 11) is 0. The predicted octanol–water partition coefficient (Wildman–Crippen LogP) is 2.95. The average Bonchev–Trinajstić information content (AvgIpc) is 2.46. The van der Waals surface area contributed by atoms with Gasteiger partial charge < -0.3 is 10.7 Å². The van der Waals surface area contributed by atoms with E-state index in [0.717, 1.165) is 9.99 Å². The van der Waals surface area contributed by atoms with Gasteiger partial charge in [-0.25, -0.2) is 0 Å². The Hall–Kier alpha value is -0.800. The number of aromatic nitrogens is 1. The number of hydrogen-bond donors (Lipinski definition) is 2. The summed E-state index contributed by atoms with van der Waals surface area (Å²) < 4.78 is 1.08. The fourth-order valence-electron chi connectivity index (χ4n) is 1.50. The van der Waals surface area contributed by atoms with E-state index < -0.39 is 0 Å². The molecule has 0 aliphatic heterocycles. The van der Waals surface area contributed by atoms with Gasteiger partial charge >= 0.3 is 0 Å². The Labute approximate surface area is 85.3 Å². The summed E-state index contributed by atoms with van der Waals surface area (Å²) in [6, 6.07) is 6.24. The van der Waals surface area contributed by atoms with Gasteiger partial charge in [-0.15, -0.1) is 0 Å². The molecule has 0 saturated heterocycles. The number of fused-ring (bicyclic) bond motifs is 1. The first-order valence-electron chi connectivity index (χ1n) is 4.20.